The first-order chi connectivity index (χ1) is 62.5. The highest BCUT2D eigenvalue weighted by molar-refractivity contribution is 8.26. The lowest BCUT2D eigenvalue weighted by Crippen LogP contribution is -2.50. The summed E-state index contributed by atoms with van der Waals surface area (Å²) in [6.45, 7) is 5.14. The Balaban J connectivity index is 0.000000332. The first-order valence-electron chi connectivity index (χ1n) is 41.0. The minimum absolute atomic E-state index is 0. The third-order valence-electron chi connectivity index (χ3n) is 19.2. The zero-order valence-corrected chi connectivity index (χ0v) is 76.4. The van der Waals surface area contributed by atoms with E-state index in [1.165, 1.54) is 106 Å². The van der Waals surface area contributed by atoms with Gasteiger partial charge in [0.1, 0.15) is 24.2 Å². The van der Waals surface area contributed by atoms with Crippen molar-refractivity contribution in [3.05, 3.63) is 241 Å². The summed E-state index contributed by atoms with van der Waals surface area (Å²) in [6, 6.07) is 43.1. The minimum Gasteiger partial charge on any atom is -0.481 e. The molecule has 4 atom stereocenters. The number of methoxy groups -OCH3 is 3. The molecule has 13 rings (SSSR count). The van der Waals surface area contributed by atoms with E-state index in [2.05, 4.69) is 82.3 Å². The van der Waals surface area contributed by atoms with E-state index in [1.54, 1.807) is 42.4 Å². The number of hydrogen-bond donors (Lipinski definition) is 9. The number of carbonyl (C=O) groups excluding carboxylic acids is 9. The molecule has 5 amide bonds. The number of benzene rings is 5. The van der Waals surface area contributed by atoms with Crippen molar-refractivity contribution in [3.8, 4) is 28.4 Å². The van der Waals surface area contributed by atoms with Crippen LogP contribution in [0.25, 0.3) is 28.4 Å². The van der Waals surface area contributed by atoms with Gasteiger partial charge >= 0.3 is 41.8 Å². The number of rotatable bonds is 29. The maximum atomic E-state index is 12.9. The van der Waals surface area contributed by atoms with Crippen LogP contribution in [-0.2, 0) is 61.8 Å². The summed E-state index contributed by atoms with van der Waals surface area (Å²) < 4.78 is 30.4. The van der Waals surface area contributed by atoms with E-state index in [0.29, 0.717) is 42.9 Å². The van der Waals surface area contributed by atoms with E-state index in [9.17, 15) is 62.3 Å². The molecule has 44 heteroatoms. The lowest BCUT2D eigenvalue weighted by atomic mass is 10.1. The van der Waals surface area contributed by atoms with Crippen molar-refractivity contribution in [2.24, 2.45) is 5.73 Å². The highest BCUT2D eigenvalue weighted by Crippen LogP contribution is 2.19. The quantitative estimate of drug-likeness (QED) is 0.00910. The van der Waals surface area contributed by atoms with Crippen molar-refractivity contribution in [2.45, 2.75) is 133 Å². The van der Waals surface area contributed by atoms with Crippen molar-refractivity contribution in [3.63, 3.8) is 0 Å². The maximum Gasteiger partial charge on any atom is 0.338 e. The molecule has 38 nitrogen and oxygen atoms in total. The van der Waals surface area contributed by atoms with Crippen molar-refractivity contribution in [1.29, 1.82) is 0 Å². The summed E-state index contributed by atoms with van der Waals surface area (Å²) in [6.07, 6.45) is 25.1. The average molecular weight is 1920 g/mol. The third-order valence-corrected chi connectivity index (χ3v) is 19.4. The number of nitrogens with zero attached hydrogens (tertiary/aromatic N) is 12. The molecular formula is C88H105BCl4N17O21S. The summed E-state index contributed by atoms with van der Waals surface area (Å²) in [5, 5.41) is 66.2. The molecule has 3 radical (unpaired) electrons. The van der Waals surface area contributed by atoms with Crippen LogP contribution in [0.3, 0.4) is 0 Å². The summed E-state index contributed by atoms with van der Waals surface area (Å²) in [7, 11) is 11.1. The standard InChI is InChI=1S/C21H26N4O4.C20H24N4O4.C16H17N3O5.C10H7ClN2O.C10H8N2O2.C6H11NO4.C5H11N.B.Cl2OS.ClH/c1-29-19(26)11-10-18(21(28)24-12-6-3-7-13-24)23-20(27)16-14-22-25(15-16)17-8-4-2-5-9-17;25-18(26)10-9-17(20(28)23-11-5-2-6-12-23)22-19(27)15-13-21-24(14-15)16-7-3-1-4-8-16;1-24-14(20)8-7-13(16(22)23)18-15(21)11-9-17-19(10-11)12-5-3-2-4-6-12;11-10(14)8-6-12-13(7-8)9-4-2-1-3-5-9;13-10(14)8-6-11-12(7-8)9-4-2-1-3-5-9;1-11-5(8)3-2-4(7)6(9)10;1-2-4-6-5-3-1;;1-4(2)3;/h2,4-5,8-9,14-15,18H,3,6-7,10-13H2,1H3,(H,23,27);1,3-4,7-8,13-14,17H,2,5-6,9-12H2,(H,22,27)(H,25,26);2-6,9-10,13H,7-8H2,1H3,(H,18,21)(H,22,23);1-7H;1-7H,(H,13,14);4H,2-3,7H2,1H3,(H,9,10);6H,1-5H2;;;1H/t18-;17-;13-;;;4-;;;;/m000..0..../s1. The number of esters is 3. The van der Waals surface area contributed by atoms with Gasteiger partial charge in [-0.3, -0.25) is 52.7 Å². The van der Waals surface area contributed by atoms with Crippen LogP contribution in [0, 0.1) is 0 Å². The number of aliphatic carboxylic acids is 3. The van der Waals surface area contributed by atoms with E-state index in [4.69, 9.17) is 42.0 Å². The van der Waals surface area contributed by atoms with Crippen LogP contribution < -0.4 is 27.0 Å². The van der Waals surface area contributed by atoms with Crippen molar-refractivity contribution < 1.29 is 101 Å². The molecule has 0 unspecified atom stereocenters. The monoisotopic (exact) mass is 1920 g/mol. The van der Waals surface area contributed by atoms with Gasteiger partial charge in [0.25, 0.3) is 23.0 Å². The molecule has 3 aliphatic rings. The van der Waals surface area contributed by atoms with Gasteiger partial charge in [-0.05, 0) is 162 Å². The zero-order valence-electron chi connectivity index (χ0n) is 72.5. The second-order valence-corrected chi connectivity index (χ2v) is 31.4. The first-order valence-corrected chi connectivity index (χ1v) is 44.2. The van der Waals surface area contributed by atoms with Gasteiger partial charge in [-0.2, -0.15) is 25.5 Å². The zero-order chi connectivity index (χ0) is 94.7. The number of ether oxygens (including phenoxy) is 3. The summed E-state index contributed by atoms with van der Waals surface area (Å²) >= 11 is 5.31. The molecule has 132 heavy (non-hydrogen) atoms. The number of nitrogens with one attached hydrogen (secondary N) is 4. The Kier molecular flexibility index (Phi) is 51.6. The van der Waals surface area contributed by atoms with Gasteiger partial charge in [0.15, 0.2) is 0 Å². The molecular weight excluding hydrogens is 1820 g/mol. The number of amides is 5. The van der Waals surface area contributed by atoms with Crippen LogP contribution in [-0.4, -0.2) is 253 Å². The van der Waals surface area contributed by atoms with E-state index in [-0.39, 0.29) is 95.1 Å². The highest BCUT2D eigenvalue weighted by Gasteiger charge is 2.31. The number of likely N-dealkylation sites (tertiary alicyclic amines) is 2. The fraction of sp³-hybridized carbons (Fsp3) is 0.341. The molecule has 3 fully saturated rings. The summed E-state index contributed by atoms with van der Waals surface area (Å²) in [5.41, 5.74) is 10.8. The molecule has 3 aliphatic heterocycles. The highest BCUT2D eigenvalue weighted by atomic mass is 36.0. The molecule has 3 saturated heterocycles. The Labute approximate surface area is 785 Å². The molecule has 0 saturated carbocycles. The van der Waals surface area contributed by atoms with Crippen LogP contribution in [0.4, 0.5) is 0 Å². The smallest absolute Gasteiger partial charge is 0.338 e. The molecule has 5 aromatic heterocycles. The number of carboxylic acid groups (broad SMARTS) is 4. The predicted octanol–water partition coefficient (Wildman–Crippen LogP) is 9.81. The van der Waals surface area contributed by atoms with Crippen LogP contribution in [0.2, 0.25) is 0 Å². The number of halogens is 4. The average Bonchev–Trinajstić information content (AvgIpc) is 1.79. The molecule has 8 heterocycles. The summed E-state index contributed by atoms with van der Waals surface area (Å²) in [4.78, 5) is 154. The molecule has 10 aromatic rings. The Morgan fingerprint density at radius 2 is 0.667 bits per heavy atom. The van der Waals surface area contributed by atoms with Crippen molar-refractivity contribution in [2.75, 3.05) is 60.6 Å². The second kappa shape index (κ2) is 61.3. The maximum absolute atomic E-state index is 12.9. The lowest BCUT2D eigenvalue weighted by molar-refractivity contribution is -0.143. The number of para-hydroxylation sites is 5. The Morgan fingerprint density at radius 1 is 0.402 bits per heavy atom. The van der Waals surface area contributed by atoms with Crippen LogP contribution in [0.1, 0.15) is 161 Å². The van der Waals surface area contributed by atoms with Crippen LogP contribution in [0.5, 0.6) is 0 Å². The third kappa shape index (κ3) is 40.8. The number of nitrogens with two attached hydrogens (primary N) is 1. The van der Waals surface area contributed by atoms with Crippen LogP contribution in [0.15, 0.2) is 214 Å². The number of aromatic carboxylic acids is 1. The van der Waals surface area contributed by atoms with Gasteiger partial charge in [-0.1, -0.05) is 97.4 Å². The molecule has 705 valence electrons. The Morgan fingerprint density at radius 3 is 0.917 bits per heavy atom. The van der Waals surface area contributed by atoms with Gasteiger partial charge in [-0.25, -0.2) is 37.2 Å². The fourth-order valence-corrected chi connectivity index (χ4v) is 12.3. The Bertz CT molecular complexity index is 5160. The fourth-order valence-electron chi connectivity index (χ4n) is 12.3. The number of carbonyl (C=O) groups is 13. The topological polar surface area (TPSA) is 517 Å². The SMILES string of the molecule is C1CCNCC1.COC(=O)CC[C@H](N)C(=O)O.COC(=O)CC[C@H](NC(=O)c1cnn(-c2ccccc2)c1)C(=O)N1CCCCC1.COC(=O)CC[C@H](NC(=O)c1cnn(-c2ccccc2)c1)C(=O)O.Cl.O=C(Cl)c1cnn(-c2ccccc2)c1.O=C(O)CC[C@H](NC(=O)c1cnn(-c2ccccc2)c1)C(=O)N1CCCCC1.O=C(O)c1cnn(-c2ccccc2)c1.O=S(Cl)Cl.[B]. The van der Waals surface area contributed by atoms with Crippen molar-refractivity contribution in [1.82, 2.24) is 80.0 Å². The largest absolute Gasteiger partial charge is 0.481 e. The molecule has 0 spiro atoms. The van der Waals surface area contributed by atoms with Crippen molar-refractivity contribution >= 4 is 140 Å². The normalized spacial score (nSPS) is 13.1. The molecule has 0 bridgehead atoms. The molecule has 5 aromatic carbocycles. The van der Waals surface area contributed by atoms with E-state index < -0.39 is 98.1 Å². The Hall–Kier alpha value is -13.2. The number of aromatic nitrogens is 10. The van der Waals surface area contributed by atoms with Gasteiger partial charge in [0.05, 0.1) is 109 Å². The van der Waals surface area contributed by atoms with Gasteiger partial charge in [0, 0.05) is 113 Å². The number of carboxylic acids is 4. The summed E-state index contributed by atoms with van der Waals surface area (Å²) in [5.74, 6) is -7.46. The van der Waals surface area contributed by atoms with E-state index in [1.807, 2.05) is 152 Å². The van der Waals surface area contributed by atoms with Crippen LogP contribution >= 0.6 is 45.4 Å². The van der Waals surface area contributed by atoms with Gasteiger partial charge in [0.2, 0.25) is 21.0 Å². The van der Waals surface area contributed by atoms with Gasteiger partial charge in [-0.15, -0.1) is 12.4 Å². The molecule has 10 N–H and O–H groups in total. The van der Waals surface area contributed by atoms with Gasteiger partial charge < -0.3 is 71.4 Å². The van der Waals surface area contributed by atoms with E-state index in [0.717, 1.165) is 67.0 Å². The number of piperidine rings is 3. The lowest BCUT2D eigenvalue weighted by Gasteiger charge is -2.30. The van der Waals surface area contributed by atoms with E-state index >= 15 is 0 Å². The number of hydrogen-bond acceptors (Lipinski definition) is 24. The minimum atomic E-state index is -1.67. The molecule has 0 aliphatic carbocycles. The first kappa shape index (κ1) is 111. The second-order valence-electron chi connectivity index (χ2n) is 28.5. The predicted molar refractivity (Wildman–Crippen MR) is 493 cm³/mol.